The molecular weight excluding hydrogens is 346 g/mol. The summed E-state index contributed by atoms with van der Waals surface area (Å²) in [4.78, 5) is 9.99. The van der Waals surface area contributed by atoms with Gasteiger partial charge in [-0.1, -0.05) is 64.1 Å². The van der Waals surface area contributed by atoms with Gasteiger partial charge < -0.3 is 5.73 Å². The van der Waals surface area contributed by atoms with E-state index in [0.29, 0.717) is 11.6 Å². The molecule has 0 saturated carbocycles. The first-order chi connectivity index (χ1) is 10.2. The van der Waals surface area contributed by atoms with Crippen LogP contribution < -0.4 is 5.73 Å². The number of rotatable bonds is 3. The quantitative estimate of drug-likeness (QED) is 0.693. The Bertz CT molecular complexity index is 762. The maximum Gasteiger partial charge on any atom is 0.162 e. The minimum atomic E-state index is 0.473. The number of nitrogens with two attached hydrogens (primary N) is 1. The summed E-state index contributed by atoms with van der Waals surface area (Å²) in [6, 6.07) is 19.7. The number of nitrogen functional groups attached to an aromatic ring is 1. The maximum absolute atomic E-state index is 5.91. The van der Waals surface area contributed by atoms with Gasteiger partial charge in [0.2, 0.25) is 0 Å². The fourth-order valence-corrected chi connectivity index (χ4v) is 3.30. The van der Waals surface area contributed by atoms with E-state index < -0.39 is 0 Å². The molecule has 0 aliphatic heterocycles. The average Bonchev–Trinajstić information content (AvgIpc) is 2.47. The highest BCUT2D eigenvalue weighted by molar-refractivity contribution is 9.10. The highest BCUT2D eigenvalue weighted by Gasteiger charge is 2.07. The lowest BCUT2D eigenvalue weighted by Gasteiger charge is -2.06. The first-order valence-corrected chi connectivity index (χ1v) is 7.95. The van der Waals surface area contributed by atoms with Gasteiger partial charge in [-0.25, -0.2) is 9.97 Å². The van der Waals surface area contributed by atoms with Crippen LogP contribution in [-0.4, -0.2) is 9.97 Å². The Morgan fingerprint density at radius 1 is 0.905 bits per heavy atom. The number of hydrogen-bond acceptors (Lipinski definition) is 4. The second-order valence-corrected chi connectivity index (χ2v) is 6.39. The van der Waals surface area contributed by atoms with Crippen molar-refractivity contribution < 1.29 is 0 Å². The van der Waals surface area contributed by atoms with Crippen molar-refractivity contribution in [3.8, 4) is 11.4 Å². The first kappa shape index (κ1) is 14.1. The van der Waals surface area contributed by atoms with Crippen LogP contribution in [0.5, 0.6) is 0 Å². The van der Waals surface area contributed by atoms with Crippen molar-refractivity contribution in [1.29, 1.82) is 0 Å². The van der Waals surface area contributed by atoms with Crippen molar-refractivity contribution in [2.75, 3.05) is 5.73 Å². The van der Waals surface area contributed by atoms with Crippen LogP contribution in [-0.2, 0) is 0 Å². The molecule has 0 radical (unpaired) electrons. The fourth-order valence-electron chi connectivity index (χ4n) is 1.86. The van der Waals surface area contributed by atoms with Gasteiger partial charge in [0.1, 0.15) is 10.8 Å². The van der Waals surface area contributed by atoms with Gasteiger partial charge in [-0.3, -0.25) is 0 Å². The molecule has 0 spiro atoms. The van der Waals surface area contributed by atoms with E-state index in [1.54, 1.807) is 17.8 Å². The summed E-state index contributed by atoms with van der Waals surface area (Å²) in [5.41, 5.74) is 6.87. The van der Waals surface area contributed by atoms with Crippen LogP contribution in [0.4, 0.5) is 5.82 Å². The minimum Gasteiger partial charge on any atom is -0.384 e. The third-order valence-corrected chi connectivity index (χ3v) is 4.17. The normalized spacial score (nSPS) is 10.5. The predicted molar refractivity (Wildman–Crippen MR) is 90.1 cm³/mol. The van der Waals surface area contributed by atoms with E-state index in [-0.39, 0.29) is 0 Å². The van der Waals surface area contributed by atoms with E-state index in [4.69, 9.17) is 5.73 Å². The summed E-state index contributed by atoms with van der Waals surface area (Å²) in [6.07, 6.45) is 0. The number of benzene rings is 2. The van der Waals surface area contributed by atoms with Crippen LogP contribution in [0.25, 0.3) is 11.4 Å². The molecule has 3 aromatic rings. The first-order valence-electron chi connectivity index (χ1n) is 6.34. The molecular formula is C16H12BrN3S. The summed E-state index contributed by atoms with van der Waals surface area (Å²) in [7, 11) is 0. The summed E-state index contributed by atoms with van der Waals surface area (Å²) >= 11 is 5.03. The molecule has 0 amide bonds. The van der Waals surface area contributed by atoms with Gasteiger partial charge in [0.15, 0.2) is 5.82 Å². The molecule has 2 N–H and O–H groups in total. The van der Waals surface area contributed by atoms with Gasteiger partial charge in [-0.15, -0.1) is 0 Å². The smallest absolute Gasteiger partial charge is 0.162 e. The summed E-state index contributed by atoms with van der Waals surface area (Å²) < 4.78 is 1.04. The van der Waals surface area contributed by atoms with Gasteiger partial charge in [-0.2, -0.15) is 0 Å². The Morgan fingerprint density at radius 2 is 1.71 bits per heavy atom. The number of hydrogen-bond donors (Lipinski definition) is 1. The molecule has 1 heterocycles. The van der Waals surface area contributed by atoms with Crippen molar-refractivity contribution >= 4 is 33.5 Å². The largest absolute Gasteiger partial charge is 0.384 e. The third-order valence-electron chi connectivity index (χ3n) is 2.77. The number of nitrogens with zero attached hydrogens (tertiary/aromatic N) is 2. The van der Waals surface area contributed by atoms with Gasteiger partial charge in [-0.05, 0) is 18.2 Å². The van der Waals surface area contributed by atoms with Crippen LogP contribution in [0, 0.1) is 0 Å². The van der Waals surface area contributed by atoms with Crippen LogP contribution in [0.1, 0.15) is 0 Å². The second kappa shape index (κ2) is 6.28. The number of anilines is 1. The van der Waals surface area contributed by atoms with E-state index in [1.807, 2.05) is 54.6 Å². The topological polar surface area (TPSA) is 51.8 Å². The number of aromatic nitrogens is 2. The van der Waals surface area contributed by atoms with Crippen LogP contribution in [0.3, 0.4) is 0 Å². The van der Waals surface area contributed by atoms with Gasteiger partial charge in [0.05, 0.1) is 0 Å². The zero-order chi connectivity index (χ0) is 14.7. The zero-order valence-electron chi connectivity index (χ0n) is 11.0. The molecule has 0 saturated heterocycles. The Hall–Kier alpha value is -1.85. The van der Waals surface area contributed by atoms with Crippen LogP contribution in [0.15, 0.2) is 75.1 Å². The lowest BCUT2D eigenvalue weighted by atomic mass is 10.2. The predicted octanol–water partition coefficient (Wildman–Crippen LogP) is 4.64. The molecule has 3 nitrogen and oxygen atoms in total. The highest BCUT2D eigenvalue weighted by atomic mass is 79.9. The van der Waals surface area contributed by atoms with Gasteiger partial charge >= 0.3 is 0 Å². The van der Waals surface area contributed by atoms with Crippen LogP contribution in [0.2, 0.25) is 0 Å². The molecule has 2 aromatic carbocycles. The average molecular weight is 358 g/mol. The SMILES string of the molecule is Nc1cc(Sc2cccc(Br)c2)nc(-c2ccccc2)n1. The van der Waals surface area contributed by atoms with Crippen molar-refractivity contribution in [2.24, 2.45) is 0 Å². The number of halogens is 1. The molecule has 3 rings (SSSR count). The Kier molecular flexibility index (Phi) is 4.22. The van der Waals surface area contributed by atoms with E-state index in [1.165, 1.54) is 0 Å². The highest BCUT2D eigenvalue weighted by Crippen LogP contribution is 2.30. The lowest BCUT2D eigenvalue weighted by Crippen LogP contribution is -1.97. The Balaban J connectivity index is 1.95. The monoisotopic (exact) mass is 357 g/mol. The lowest BCUT2D eigenvalue weighted by molar-refractivity contribution is 1.06. The maximum atomic E-state index is 5.91. The Morgan fingerprint density at radius 3 is 2.48 bits per heavy atom. The molecule has 0 aliphatic carbocycles. The minimum absolute atomic E-state index is 0.473. The molecule has 0 unspecified atom stereocenters. The van der Waals surface area contributed by atoms with Gasteiger partial charge in [0.25, 0.3) is 0 Å². The molecule has 21 heavy (non-hydrogen) atoms. The van der Waals surface area contributed by atoms with Crippen molar-refractivity contribution in [3.63, 3.8) is 0 Å². The van der Waals surface area contributed by atoms with E-state index >= 15 is 0 Å². The summed E-state index contributed by atoms with van der Waals surface area (Å²) in [6.45, 7) is 0. The molecule has 0 bridgehead atoms. The molecule has 5 heteroatoms. The molecule has 1 aromatic heterocycles. The van der Waals surface area contributed by atoms with E-state index in [0.717, 1.165) is 20.0 Å². The third kappa shape index (κ3) is 3.62. The molecule has 0 aliphatic rings. The van der Waals surface area contributed by atoms with Crippen molar-refractivity contribution in [1.82, 2.24) is 9.97 Å². The fraction of sp³-hybridized carbons (Fsp3) is 0. The zero-order valence-corrected chi connectivity index (χ0v) is 13.4. The molecule has 104 valence electrons. The Labute approximate surface area is 135 Å². The molecule has 0 fully saturated rings. The summed E-state index contributed by atoms with van der Waals surface area (Å²) in [5.74, 6) is 1.12. The van der Waals surface area contributed by atoms with Crippen molar-refractivity contribution in [3.05, 3.63) is 65.1 Å². The van der Waals surface area contributed by atoms with E-state index in [9.17, 15) is 0 Å². The van der Waals surface area contributed by atoms with Crippen molar-refractivity contribution in [2.45, 2.75) is 9.92 Å². The summed E-state index contributed by atoms with van der Waals surface area (Å²) in [5, 5.41) is 0.833. The van der Waals surface area contributed by atoms with Crippen LogP contribution >= 0.6 is 27.7 Å². The molecule has 0 atom stereocenters. The second-order valence-electron chi connectivity index (χ2n) is 4.38. The van der Waals surface area contributed by atoms with E-state index in [2.05, 4.69) is 25.9 Å². The standard InChI is InChI=1S/C16H12BrN3S/c17-12-7-4-8-13(9-12)21-15-10-14(18)19-16(20-15)11-5-2-1-3-6-11/h1-10H,(H2,18,19,20). The van der Waals surface area contributed by atoms with Gasteiger partial charge in [0, 0.05) is 21.0 Å².